The molecule has 0 radical (unpaired) electrons. The summed E-state index contributed by atoms with van der Waals surface area (Å²) in [7, 11) is 1.65. The summed E-state index contributed by atoms with van der Waals surface area (Å²) in [5, 5.41) is 0.709. The first kappa shape index (κ1) is 14.9. The van der Waals surface area contributed by atoms with Crippen LogP contribution in [-0.4, -0.2) is 27.2 Å². The minimum Gasteiger partial charge on any atom is -0.497 e. The lowest BCUT2D eigenvalue weighted by Crippen LogP contribution is -2.45. The summed E-state index contributed by atoms with van der Waals surface area (Å²) in [5.41, 5.74) is 7.64. The van der Waals surface area contributed by atoms with Gasteiger partial charge in [0.05, 0.1) is 7.11 Å². The number of benzene rings is 2. The predicted molar refractivity (Wildman–Crippen MR) is 84.5 cm³/mol. The minimum absolute atomic E-state index is 0.151. The third-order valence-corrected chi connectivity index (χ3v) is 3.25. The van der Waals surface area contributed by atoms with Crippen LogP contribution in [0.2, 0.25) is 5.02 Å². The van der Waals surface area contributed by atoms with Crippen LogP contribution in [0.3, 0.4) is 0 Å². The molecule has 20 heavy (non-hydrogen) atoms. The molecule has 0 bridgehead atoms. The molecular weight excluding hydrogens is 272 g/mol. The van der Waals surface area contributed by atoms with E-state index in [4.69, 9.17) is 26.7 Å². The van der Waals surface area contributed by atoms with Gasteiger partial charge >= 0.3 is 6.92 Å². The Morgan fingerprint density at radius 1 is 1.00 bits per heavy atom. The number of nitrogens with two attached hydrogens (primary N) is 1. The predicted octanol–water partition coefficient (Wildman–Crippen LogP) is 1.43. The molecule has 2 aromatic rings. The quantitative estimate of drug-likeness (QED) is 0.818. The molecule has 104 valence electrons. The summed E-state index contributed by atoms with van der Waals surface area (Å²) < 4.78 is 11.0. The number of hydrogen-bond donors (Lipinski definition) is 1. The van der Waals surface area contributed by atoms with E-state index in [1.54, 1.807) is 7.11 Å². The van der Waals surface area contributed by atoms with E-state index in [0.29, 0.717) is 18.2 Å². The topological polar surface area (TPSA) is 44.5 Å². The van der Waals surface area contributed by atoms with Gasteiger partial charge in [-0.25, -0.2) is 0 Å². The monoisotopic (exact) mass is 289 g/mol. The second-order valence-electron chi connectivity index (χ2n) is 4.36. The van der Waals surface area contributed by atoms with Crippen molar-refractivity contribution in [3.63, 3.8) is 0 Å². The Morgan fingerprint density at radius 3 is 2.05 bits per heavy atom. The third-order valence-electron chi connectivity index (χ3n) is 2.99. The molecule has 2 aromatic carbocycles. The second kappa shape index (κ2) is 7.34. The molecule has 2 N–H and O–H groups in total. The number of ether oxygens (including phenoxy) is 1. The first-order valence-corrected chi connectivity index (χ1v) is 6.83. The van der Waals surface area contributed by atoms with E-state index in [1.807, 2.05) is 48.5 Å². The molecule has 0 atom stereocenters. The molecule has 0 aromatic heterocycles. The Labute approximate surface area is 124 Å². The Morgan fingerprint density at radius 2 is 1.55 bits per heavy atom. The molecule has 0 spiro atoms. The van der Waals surface area contributed by atoms with Crippen molar-refractivity contribution in [3.05, 3.63) is 53.6 Å². The molecule has 0 heterocycles. The molecule has 0 aliphatic carbocycles. The molecule has 2 rings (SSSR count). The molecule has 0 saturated carbocycles. The van der Waals surface area contributed by atoms with Gasteiger partial charge in [-0.05, 0) is 35.2 Å². The first-order chi connectivity index (χ1) is 9.74. The van der Waals surface area contributed by atoms with Crippen LogP contribution < -0.4 is 21.4 Å². The smallest absolute Gasteiger partial charge is 0.361 e. The average molecular weight is 290 g/mol. The molecule has 0 saturated heterocycles. The first-order valence-electron chi connectivity index (χ1n) is 6.45. The highest BCUT2D eigenvalue weighted by Gasteiger charge is 2.21. The number of methoxy groups -OCH3 is 1. The fourth-order valence-corrected chi connectivity index (χ4v) is 2.11. The van der Waals surface area contributed by atoms with Crippen LogP contribution >= 0.6 is 11.6 Å². The van der Waals surface area contributed by atoms with E-state index < -0.39 is 0 Å². The van der Waals surface area contributed by atoms with Crippen LogP contribution in [0.25, 0.3) is 0 Å². The van der Waals surface area contributed by atoms with Gasteiger partial charge in [0.15, 0.2) is 0 Å². The van der Waals surface area contributed by atoms with Crippen molar-refractivity contribution in [1.82, 2.24) is 0 Å². The summed E-state index contributed by atoms with van der Waals surface area (Å²) >= 11 is 5.93. The third kappa shape index (κ3) is 3.76. The summed E-state index contributed by atoms with van der Waals surface area (Å²) in [6.07, 6.45) is 0. The van der Waals surface area contributed by atoms with Crippen molar-refractivity contribution in [2.24, 2.45) is 5.73 Å². The molecule has 0 aliphatic rings. The van der Waals surface area contributed by atoms with Crippen LogP contribution in [-0.2, 0) is 4.65 Å². The minimum atomic E-state index is -0.151. The summed E-state index contributed by atoms with van der Waals surface area (Å²) in [5.74, 6) is 0.822. The van der Waals surface area contributed by atoms with Crippen LogP contribution in [0.15, 0.2) is 48.5 Å². The Hall–Kier alpha value is -1.49. The lowest BCUT2D eigenvalue weighted by Gasteiger charge is -2.15. The van der Waals surface area contributed by atoms with Gasteiger partial charge in [-0.1, -0.05) is 35.9 Å². The van der Waals surface area contributed by atoms with Crippen molar-refractivity contribution in [3.8, 4) is 5.75 Å². The van der Waals surface area contributed by atoms with E-state index in [0.717, 1.165) is 16.7 Å². The lowest BCUT2D eigenvalue weighted by atomic mass is 9.55. The average Bonchev–Trinajstić information content (AvgIpc) is 2.50. The van der Waals surface area contributed by atoms with E-state index in [-0.39, 0.29) is 6.92 Å². The highest BCUT2D eigenvalue weighted by molar-refractivity contribution is 6.80. The zero-order valence-electron chi connectivity index (χ0n) is 11.4. The summed E-state index contributed by atoms with van der Waals surface area (Å²) in [6, 6.07) is 15.5. The Balaban J connectivity index is 2.27. The molecule has 0 aliphatic heterocycles. The number of rotatable bonds is 6. The summed E-state index contributed by atoms with van der Waals surface area (Å²) in [6.45, 7) is 0.834. The van der Waals surface area contributed by atoms with E-state index >= 15 is 0 Å². The largest absolute Gasteiger partial charge is 0.497 e. The van der Waals surface area contributed by atoms with Crippen LogP contribution in [0.4, 0.5) is 0 Å². The molecule has 3 nitrogen and oxygen atoms in total. The zero-order chi connectivity index (χ0) is 14.4. The Bertz CT molecular complexity index is 531. The molecule has 0 unspecified atom stereocenters. The van der Waals surface area contributed by atoms with Crippen molar-refractivity contribution in [1.29, 1.82) is 0 Å². The SMILES string of the molecule is COc1ccc(B(OCCN)c2ccc(Cl)cc2)cc1. The maximum absolute atomic E-state index is 5.93. The lowest BCUT2D eigenvalue weighted by molar-refractivity contribution is 0.344. The maximum Gasteiger partial charge on any atom is 0.361 e. The molecular formula is C15H17BClNO2. The molecule has 0 fully saturated rings. The van der Waals surface area contributed by atoms with Gasteiger partial charge < -0.3 is 15.1 Å². The van der Waals surface area contributed by atoms with E-state index in [9.17, 15) is 0 Å². The van der Waals surface area contributed by atoms with E-state index in [2.05, 4.69) is 0 Å². The van der Waals surface area contributed by atoms with Crippen molar-refractivity contribution in [2.45, 2.75) is 0 Å². The van der Waals surface area contributed by atoms with Crippen molar-refractivity contribution < 1.29 is 9.39 Å². The van der Waals surface area contributed by atoms with Gasteiger partial charge in [-0.15, -0.1) is 0 Å². The number of hydrogen-bond acceptors (Lipinski definition) is 3. The van der Waals surface area contributed by atoms with Crippen molar-refractivity contribution >= 4 is 29.4 Å². The standard InChI is InChI=1S/C15H17BClNO2/c1-19-15-8-4-13(5-9-15)16(20-11-10-18)12-2-6-14(17)7-3-12/h2-9H,10-11,18H2,1H3. The highest BCUT2D eigenvalue weighted by Crippen LogP contribution is 2.08. The second-order valence-corrected chi connectivity index (χ2v) is 4.80. The van der Waals surface area contributed by atoms with Gasteiger partial charge in [0, 0.05) is 18.2 Å². The maximum atomic E-state index is 5.93. The van der Waals surface area contributed by atoms with Gasteiger partial charge in [0.2, 0.25) is 0 Å². The summed E-state index contributed by atoms with van der Waals surface area (Å²) in [4.78, 5) is 0. The molecule has 5 heteroatoms. The van der Waals surface area contributed by atoms with Gasteiger partial charge in [0.1, 0.15) is 5.75 Å². The number of halogens is 1. The van der Waals surface area contributed by atoms with Gasteiger partial charge in [-0.2, -0.15) is 0 Å². The van der Waals surface area contributed by atoms with Gasteiger partial charge in [0.25, 0.3) is 0 Å². The van der Waals surface area contributed by atoms with Crippen molar-refractivity contribution in [2.75, 3.05) is 20.3 Å². The Kier molecular flexibility index (Phi) is 5.47. The fraction of sp³-hybridized carbons (Fsp3) is 0.200. The highest BCUT2D eigenvalue weighted by atomic mass is 35.5. The van der Waals surface area contributed by atoms with Crippen LogP contribution in [0.5, 0.6) is 5.75 Å². The van der Waals surface area contributed by atoms with E-state index in [1.165, 1.54) is 0 Å². The van der Waals surface area contributed by atoms with Crippen LogP contribution in [0.1, 0.15) is 0 Å². The zero-order valence-corrected chi connectivity index (χ0v) is 12.1. The van der Waals surface area contributed by atoms with Gasteiger partial charge in [-0.3, -0.25) is 0 Å². The fourth-order valence-electron chi connectivity index (χ4n) is 1.99. The molecule has 0 amide bonds. The normalized spacial score (nSPS) is 10.3. The van der Waals surface area contributed by atoms with Crippen LogP contribution in [0, 0.1) is 0 Å².